The summed E-state index contributed by atoms with van der Waals surface area (Å²) >= 11 is 1.54. The molecule has 9 heteroatoms. The van der Waals surface area contributed by atoms with Gasteiger partial charge < -0.3 is 9.29 Å². The molecule has 7 nitrogen and oxygen atoms in total. The Balaban J connectivity index is 1.56. The van der Waals surface area contributed by atoms with Gasteiger partial charge in [-0.3, -0.25) is 14.1 Å². The molecule has 5 aromatic rings. The van der Waals surface area contributed by atoms with Crippen LogP contribution in [0.15, 0.2) is 65.7 Å². The molecule has 0 spiro atoms. The predicted molar refractivity (Wildman–Crippen MR) is 145 cm³/mol. The highest BCUT2D eigenvalue weighted by Crippen LogP contribution is 2.22. The van der Waals surface area contributed by atoms with Crippen molar-refractivity contribution in [2.24, 2.45) is 5.92 Å². The van der Waals surface area contributed by atoms with Gasteiger partial charge in [0.25, 0.3) is 0 Å². The number of nitrogens with zero attached hydrogens (tertiary/aromatic N) is 5. The maximum absolute atomic E-state index is 13.9. The molecule has 0 amide bonds. The van der Waals surface area contributed by atoms with Crippen molar-refractivity contribution in [3.05, 3.63) is 88.6 Å². The molecule has 186 valence electrons. The number of halogens is 1. The van der Waals surface area contributed by atoms with E-state index in [1.54, 1.807) is 27.6 Å². The number of hydrogen-bond donors (Lipinski definition) is 1. The van der Waals surface area contributed by atoms with Crippen LogP contribution in [0.3, 0.4) is 0 Å². The summed E-state index contributed by atoms with van der Waals surface area (Å²) in [6.07, 6.45) is 6.35. The van der Waals surface area contributed by atoms with Gasteiger partial charge in [0.1, 0.15) is 11.6 Å². The zero-order valence-corrected chi connectivity index (χ0v) is 21.4. The molecule has 0 saturated carbocycles. The van der Waals surface area contributed by atoms with Gasteiger partial charge in [-0.2, -0.15) is 0 Å². The van der Waals surface area contributed by atoms with Crippen LogP contribution < -0.4 is 10.4 Å². The SMILES string of the molecule is CSNc1ccc(Cn2c(=O)n(Cc3nc4cc(F)ccc4n3CCC(C)C)c3cnccc32)cc1. The van der Waals surface area contributed by atoms with E-state index in [-0.39, 0.29) is 18.1 Å². The van der Waals surface area contributed by atoms with Crippen molar-refractivity contribution in [2.45, 2.75) is 39.9 Å². The number of benzene rings is 2. The van der Waals surface area contributed by atoms with Gasteiger partial charge in [0.2, 0.25) is 0 Å². The highest BCUT2D eigenvalue weighted by molar-refractivity contribution is 7.99. The summed E-state index contributed by atoms with van der Waals surface area (Å²) in [5, 5.41) is 0. The molecule has 0 atom stereocenters. The minimum absolute atomic E-state index is 0.127. The average Bonchev–Trinajstić information content (AvgIpc) is 3.33. The van der Waals surface area contributed by atoms with Crippen LogP contribution in [0.2, 0.25) is 0 Å². The van der Waals surface area contributed by atoms with Crippen molar-refractivity contribution in [1.29, 1.82) is 0 Å². The number of pyridine rings is 1. The van der Waals surface area contributed by atoms with Crippen LogP contribution in [0, 0.1) is 11.7 Å². The molecule has 0 bridgehead atoms. The molecular weight excluding hydrogens is 475 g/mol. The first-order valence-corrected chi connectivity index (χ1v) is 13.2. The van der Waals surface area contributed by atoms with Gasteiger partial charge in [-0.05, 0) is 48.2 Å². The molecule has 3 heterocycles. The molecule has 0 aliphatic carbocycles. The van der Waals surface area contributed by atoms with Gasteiger partial charge in [0, 0.05) is 30.8 Å². The molecule has 0 fully saturated rings. The fraction of sp³-hybridized carbons (Fsp3) is 0.296. The van der Waals surface area contributed by atoms with Gasteiger partial charge in [0.05, 0.1) is 41.4 Å². The number of rotatable bonds is 9. The third-order valence-electron chi connectivity index (χ3n) is 6.35. The topological polar surface area (TPSA) is 69.7 Å². The summed E-state index contributed by atoms with van der Waals surface area (Å²) in [6, 6.07) is 14.6. The van der Waals surface area contributed by atoms with Crippen LogP contribution in [0.1, 0.15) is 31.7 Å². The maximum atomic E-state index is 13.9. The number of nitrogens with one attached hydrogen (secondary N) is 1. The Morgan fingerprint density at radius 1 is 0.972 bits per heavy atom. The molecule has 1 N–H and O–H groups in total. The molecular formula is C27H29FN6OS. The van der Waals surface area contributed by atoms with E-state index in [0.29, 0.717) is 18.0 Å². The standard InChI is InChI=1S/C27H29FN6OS/c1-18(2)11-13-32-23-9-6-20(28)14-22(23)30-26(32)17-34-25-15-29-12-10-24(25)33(27(34)35)16-19-4-7-21(8-5-19)31-36-3/h4-10,12,14-15,18,31H,11,13,16-17H2,1-3H3. The zero-order valence-electron chi connectivity index (χ0n) is 20.6. The molecule has 0 unspecified atom stereocenters. The lowest BCUT2D eigenvalue weighted by atomic mass is 10.1. The molecule has 0 aliphatic heterocycles. The van der Waals surface area contributed by atoms with Crippen LogP contribution in [-0.4, -0.2) is 29.9 Å². The van der Waals surface area contributed by atoms with E-state index < -0.39 is 0 Å². The van der Waals surface area contributed by atoms with E-state index >= 15 is 0 Å². The Bertz CT molecular complexity index is 1570. The van der Waals surface area contributed by atoms with E-state index in [2.05, 4.69) is 28.1 Å². The molecule has 0 aliphatic rings. The van der Waals surface area contributed by atoms with E-state index in [4.69, 9.17) is 4.98 Å². The Hall–Kier alpha value is -3.59. The largest absolute Gasteiger partial charge is 0.330 e. The van der Waals surface area contributed by atoms with Crippen LogP contribution >= 0.6 is 11.9 Å². The molecule has 0 radical (unpaired) electrons. The second-order valence-corrected chi connectivity index (χ2v) is 9.93. The summed E-state index contributed by atoms with van der Waals surface area (Å²) < 4.78 is 22.8. The fourth-order valence-electron chi connectivity index (χ4n) is 4.50. The monoisotopic (exact) mass is 504 g/mol. The first-order valence-electron chi connectivity index (χ1n) is 12.0. The molecule has 5 rings (SSSR count). The molecule has 3 aromatic heterocycles. The van der Waals surface area contributed by atoms with Gasteiger partial charge in [-0.25, -0.2) is 14.2 Å². The molecule has 2 aromatic carbocycles. The van der Waals surface area contributed by atoms with Gasteiger partial charge >= 0.3 is 5.69 Å². The highest BCUT2D eigenvalue weighted by atomic mass is 32.2. The minimum atomic E-state index is -0.320. The van der Waals surface area contributed by atoms with Crippen molar-refractivity contribution < 1.29 is 4.39 Å². The lowest BCUT2D eigenvalue weighted by Crippen LogP contribution is -2.26. The number of imidazole rings is 2. The Kier molecular flexibility index (Phi) is 6.82. The number of aryl methyl sites for hydroxylation is 1. The van der Waals surface area contributed by atoms with Crippen molar-refractivity contribution in [3.63, 3.8) is 0 Å². The van der Waals surface area contributed by atoms with Gasteiger partial charge in [0.15, 0.2) is 0 Å². The van der Waals surface area contributed by atoms with E-state index in [0.717, 1.165) is 46.6 Å². The second-order valence-electron chi connectivity index (χ2n) is 9.32. The van der Waals surface area contributed by atoms with Crippen LogP contribution in [-0.2, 0) is 19.6 Å². The third kappa shape index (κ3) is 4.75. The summed E-state index contributed by atoms with van der Waals surface area (Å²) in [5.74, 6) is 0.912. The van der Waals surface area contributed by atoms with Crippen molar-refractivity contribution in [2.75, 3.05) is 11.0 Å². The maximum Gasteiger partial charge on any atom is 0.329 e. The molecule has 0 saturated heterocycles. The first-order chi connectivity index (χ1) is 17.4. The highest BCUT2D eigenvalue weighted by Gasteiger charge is 2.18. The number of hydrogen-bond acceptors (Lipinski definition) is 5. The smallest absolute Gasteiger partial charge is 0.329 e. The van der Waals surface area contributed by atoms with E-state index in [1.807, 2.05) is 36.6 Å². The zero-order chi connectivity index (χ0) is 25.2. The Morgan fingerprint density at radius 3 is 2.50 bits per heavy atom. The first kappa shape index (κ1) is 24.1. The summed E-state index contributed by atoms with van der Waals surface area (Å²) in [6.45, 7) is 5.81. The quantitative estimate of drug-likeness (QED) is 0.268. The number of aromatic nitrogens is 5. The van der Waals surface area contributed by atoms with Crippen LogP contribution in [0.5, 0.6) is 0 Å². The second kappa shape index (κ2) is 10.2. The Morgan fingerprint density at radius 2 is 1.75 bits per heavy atom. The average molecular weight is 505 g/mol. The lowest BCUT2D eigenvalue weighted by molar-refractivity contribution is 0.507. The van der Waals surface area contributed by atoms with Crippen molar-refractivity contribution in [3.8, 4) is 0 Å². The minimum Gasteiger partial charge on any atom is -0.330 e. The number of fused-ring (bicyclic) bond motifs is 2. The summed E-state index contributed by atoms with van der Waals surface area (Å²) in [4.78, 5) is 22.7. The predicted octanol–water partition coefficient (Wildman–Crippen LogP) is 5.52. The third-order valence-corrected chi connectivity index (χ3v) is 6.79. The number of anilines is 1. The molecule has 36 heavy (non-hydrogen) atoms. The fourth-order valence-corrected chi connectivity index (χ4v) is 4.87. The van der Waals surface area contributed by atoms with Gasteiger partial charge in [-0.15, -0.1) is 0 Å². The lowest BCUT2D eigenvalue weighted by Gasteiger charge is -2.11. The summed E-state index contributed by atoms with van der Waals surface area (Å²) in [7, 11) is 0. The Labute approximate surface area is 213 Å². The van der Waals surface area contributed by atoms with Crippen LogP contribution in [0.4, 0.5) is 10.1 Å². The van der Waals surface area contributed by atoms with Gasteiger partial charge in [-0.1, -0.05) is 37.9 Å². The van der Waals surface area contributed by atoms with E-state index in [1.165, 1.54) is 24.1 Å². The van der Waals surface area contributed by atoms with E-state index in [9.17, 15) is 9.18 Å². The normalized spacial score (nSPS) is 11.7. The van der Waals surface area contributed by atoms with Crippen molar-refractivity contribution in [1.82, 2.24) is 23.7 Å². The summed E-state index contributed by atoms with van der Waals surface area (Å²) in [5.41, 5.74) is 4.96. The van der Waals surface area contributed by atoms with Crippen molar-refractivity contribution >= 4 is 39.7 Å². The van der Waals surface area contributed by atoms with Crippen LogP contribution in [0.25, 0.3) is 22.1 Å².